The summed E-state index contributed by atoms with van der Waals surface area (Å²) in [5.74, 6) is -0.346. The molecule has 0 atom stereocenters. The van der Waals surface area contributed by atoms with Crippen LogP contribution in [0.3, 0.4) is 0 Å². The van der Waals surface area contributed by atoms with Crippen LogP contribution in [0.15, 0.2) is 54.2 Å². The van der Waals surface area contributed by atoms with Gasteiger partial charge in [0, 0.05) is 13.1 Å². The highest BCUT2D eigenvalue weighted by Crippen LogP contribution is 2.34. The monoisotopic (exact) mass is 374 g/mol. The van der Waals surface area contributed by atoms with Crippen molar-refractivity contribution in [2.75, 3.05) is 13.1 Å². The van der Waals surface area contributed by atoms with E-state index in [1.165, 1.54) is 16.9 Å². The van der Waals surface area contributed by atoms with Crippen LogP contribution in [0.2, 0.25) is 0 Å². The van der Waals surface area contributed by atoms with Crippen LogP contribution in [0.25, 0.3) is 5.57 Å². The van der Waals surface area contributed by atoms with E-state index >= 15 is 0 Å². The van der Waals surface area contributed by atoms with E-state index in [0.29, 0.717) is 17.8 Å². The quantitative estimate of drug-likeness (QED) is 0.758. The molecule has 0 spiro atoms. The molecular formula is C24H26N2O2. The first-order valence-electron chi connectivity index (χ1n) is 10.0. The first-order valence-corrected chi connectivity index (χ1v) is 10.0. The second-order valence-electron chi connectivity index (χ2n) is 7.75. The highest BCUT2D eigenvalue weighted by molar-refractivity contribution is 6.35. The molecular weight excluding hydrogens is 348 g/mol. The Balaban J connectivity index is 1.76. The maximum Gasteiger partial charge on any atom is 0.278 e. The van der Waals surface area contributed by atoms with Gasteiger partial charge in [0.15, 0.2) is 0 Å². The lowest BCUT2D eigenvalue weighted by atomic mass is 9.98. The van der Waals surface area contributed by atoms with Gasteiger partial charge < -0.3 is 4.90 Å². The third kappa shape index (κ3) is 3.35. The number of carbonyl (C=O) groups is 2. The van der Waals surface area contributed by atoms with E-state index in [1.807, 2.05) is 55.5 Å². The minimum absolute atomic E-state index is 0.163. The van der Waals surface area contributed by atoms with Gasteiger partial charge in [-0.15, -0.1) is 0 Å². The van der Waals surface area contributed by atoms with Crippen LogP contribution >= 0.6 is 0 Å². The fraction of sp³-hybridized carbons (Fsp3) is 0.333. The minimum atomic E-state index is -0.183. The summed E-state index contributed by atoms with van der Waals surface area (Å²) >= 11 is 0. The van der Waals surface area contributed by atoms with Crippen LogP contribution in [-0.2, 0) is 16.1 Å². The molecule has 2 amide bonds. The van der Waals surface area contributed by atoms with Gasteiger partial charge in [-0.1, -0.05) is 48.5 Å². The number of hydrogen-bond donors (Lipinski definition) is 0. The average molecular weight is 374 g/mol. The molecule has 0 aliphatic carbocycles. The number of amides is 2. The standard InChI is InChI=1S/C24H26N2O2/c1-17-11-12-20(15-18(17)2)21-22(25-13-7-4-8-14-25)24(28)26(23(21)27)16-19-9-5-3-6-10-19/h3,5-6,9-12,15H,4,7-8,13-14,16H2,1-2H3. The molecule has 4 rings (SSSR count). The molecule has 0 unspecified atom stereocenters. The van der Waals surface area contributed by atoms with E-state index in [2.05, 4.69) is 11.8 Å². The topological polar surface area (TPSA) is 40.6 Å². The van der Waals surface area contributed by atoms with Gasteiger partial charge in [0.2, 0.25) is 0 Å². The highest BCUT2D eigenvalue weighted by Gasteiger charge is 2.41. The van der Waals surface area contributed by atoms with Gasteiger partial charge in [-0.3, -0.25) is 14.5 Å². The Labute approximate surface area is 166 Å². The summed E-state index contributed by atoms with van der Waals surface area (Å²) in [6.07, 6.45) is 3.30. The third-order valence-electron chi connectivity index (χ3n) is 5.79. The van der Waals surface area contributed by atoms with Crippen molar-refractivity contribution in [2.45, 2.75) is 39.7 Å². The fourth-order valence-corrected chi connectivity index (χ4v) is 4.04. The van der Waals surface area contributed by atoms with Crippen molar-refractivity contribution >= 4 is 17.4 Å². The van der Waals surface area contributed by atoms with Crippen molar-refractivity contribution in [3.63, 3.8) is 0 Å². The van der Waals surface area contributed by atoms with E-state index in [0.717, 1.165) is 42.6 Å². The number of piperidine rings is 1. The number of nitrogens with zero attached hydrogens (tertiary/aromatic N) is 2. The molecule has 2 aromatic rings. The zero-order valence-electron chi connectivity index (χ0n) is 16.6. The van der Waals surface area contributed by atoms with E-state index in [9.17, 15) is 9.59 Å². The lowest BCUT2D eigenvalue weighted by Crippen LogP contribution is -2.36. The van der Waals surface area contributed by atoms with Gasteiger partial charge in [-0.2, -0.15) is 0 Å². The van der Waals surface area contributed by atoms with Gasteiger partial charge >= 0.3 is 0 Å². The first kappa shape index (κ1) is 18.5. The molecule has 2 aromatic carbocycles. The van der Waals surface area contributed by atoms with Gasteiger partial charge in [0.05, 0.1) is 12.1 Å². The number of benzene rings is 2. The van der Waals surface area contributed by atoms with Crippen LogP contribution in [0.1, 0.15) is 41.5 Å². The van der Waals surface area contributed by atoms with Crippen LogP contribution in [0, 0.1) is 13.8 Å². The van der Waals surface area contributed by atoms with Gasteiger partial charge in [-0.05, 0) is 55.4 Å². The van der Waals surface area contributed by atoms with Crippen molar-refractivity contribution in [1.82, 2.24) is 9.80 Å². The van der Waals surface area contributed by atoms with Crippen molar-refractivity contribution in [3.05, 3.63) is 76.5 Å². The molecule has 28 heavy (non-hydrogen) atoms. The molecule has 1 saturated heterocycles. The Morgan fingerprint density at radius 1 is 0.821 bits per heavy atom. The van der Waals surface area contributed by atoms with Crippen molar-refractivity contribution in [2.24, 2.45) is 0 Å². The Bertz CT molecular complexity index is 940. The summed E-state index contributed by atoms with van der Waals surface area (Å²) in [4.78, 5) is 30.3. The summed E-state index contributed by atoms with van der Waals surface area (Å²) in [6.45, 7) is 6.08. The molecule has 4 nitrogen and oxygen atoms in total. The summed E-state index contributed by atoms with van der Waals surface area (Å²) in [5.41, 5.74) is 5.27. The molecule has 0 N–H and O–H groups in total. The maximum atomic E-state index is 13.4. The molecule has 0 aromatic heterocycles. The van der Waals surface area contributed by atoms with E-state index < -0.39 is 0 Å². The lowest BCUT2D eigenvalue weighted by Gasteiger charge is -2.29. The lowest BCUT2D eigenvalue weighted by molar-refractivity contribution is -0.138. The molecule has 0 radical (unpaired) electrons. The fourth-order valence-electron chi connectivity index (χ4n) is 4.04. The Morgan fingerprint density at radius 2 is 1.54 bits per heavy atom. The van der Waals surface area contributed by atoms with Crippen molar-refractivity contribution in [3.8, 4) is 0 Å². The number of likely N-dealkylation sites (tertiary alicyclic amines) is 1. The van der Waals surface area contributed by atoms with Crippen LogP contribution in [0.5, 0.6) is 0 Å². The first-order chi connectivity index (χ1) is 13.6. The molecule has 4 heteroatoms. The molecule has 2 aliphatic heterocycles. The third-order valence-corrected chi connectivity index (χ3v) is 5.79. The molecule has 2 aliphatic rings. The number of aryl methyl sites for hydroxylation is 2. The smallest absolute Gasteiger partial charge is 0.278 e. The zero-order valence-corrected chi connectivity index (χ0v) is 16.6. The summed E-state index contributed by atoms with van der Waals surface area (Å²) < 4.78 is 0. The van der Waals surface area contributed by atoms with Gasteiger partial charge in [-0.25, -0.2) is 0 Å². The van der Waals surface area contributed by atoms with E-state index in [1.54, 1.807) is 0 Å². The van der Waals surface area contributed by atoms with Crippen LogP contribution in [0.4, 0.5) is 0 Å². The minimum Gasteiger partial charge on any atom is -0.366 e. The molecule has 0 bridgehead atoms. The molecule has 0 saturated carbocycles. The van der Waals surface area contributed by atoms with Crippen LogP contribution < -0.4 is 0 Å². The van der Waals surface area contributed by atoms with E-state index in [-0.39, 0.29) is 11.8 Å². The summed E-state index contributed by atoms with van der Waals surface area (Å²) in [6, 6.07) is 15.8. The summed E-state index contributed by atoms with van der Waals surface area (Å²) in [5, 5.41) is 0. The van der Waals surface area contributed by atoms with E-state index in [4.69, 9.17) is 0 Å². The second-order valence-corrected chi connectivity index (χ2v) is 7.75. The SMILES string of the molecule is Cc1ccc(C2=C(N3CCCCC3)C(=O)N(Cc3ccccc3)C2=O)cc1C. The number of rotatable bonds is 4. The Kier molecular flexibility index (Phi) is 5.03. The maximum absolute atomic E-state index is 13.4. The summed E-state index contributed by atoms with van der Waals surface area (Å²) in [7, 11) is 0. The van der Waals surface area contributed by atoms with Gasteiger partial charge in [0.25, 0.3) is 11.8 Å². The second kappa shape index (κ2) is 7.63. The predicted molar refractivity (Wildman–Crippen MR) is 110 cm³/mol. The highest BCUT2D eigenvalue weighted by atomic mass is 16.2. The largest absolute Gasteiger partial charge is 0.366 e. The average Bonchev–Trinajstić information content (AvgIpc) is 2.96. The Morgan fingerprint density at radius 3 is 2.21 bits per heavy atom. The van der Waals surface area contributed by atoms with Crippen molar-refractivity contribution in [1.29, 1.82) is 0 Å². The molecule has 144 valence electrons. The zero-order chi connectivity index (χ0) is 19.7. The number of hydrogen-bond acceptors (Lipinski definition) is 3. The molecule has 2 heterocycles. The van der Waals surface area contributed by atoms with Gasteiger partial charge in [0.1, 0.15) is 5.70 Å². The number of carbonyl (C=O) groups excluding carboxylic acids is 2. The van der Waals surface area contributed by atoms with Crippen molar-refractivity contribution < 1.29 is 9.59 Å². The Hall–Kier alpha value is -2.88. The normalized spacial score (nSPS) is 17.6. The number of imide groups is 1. The molecule has 1 fully saturated rings. The van der Waals surface area contributed by atoms with Crippen LogP contribution in [-0.4, -0.2) is 34.7 Å². The predicted octanol–water partition coefficient (Wildman–Crippen LogP) is 4.07.